The van der Waals surface area contributed by atoms with E-state index in [-0.39, 0.29) is 34.1 Å². The fraction of sp³-hybridized carbons (Fsp3) is 0.273. The Kier molecular flexibility index (Phi) is 3.45. The molecule has 0 spiro atoms. The minimum atomic E-state index is -0.663. The summed E-state index contributed by atoms with van der Waals surface area (Å²) in [5.74, 6) is -1.26. The van der Waals surface area contributed by atoms with E-state index in [2.05, 4.69) is 5.32 Å². The van der Waals surface area contributed by atoms with Gasteiger partial charge in [-0.25, -0.2) is 4.39 Å². The number of carbonyl (C=O) groups is 2. The van der Waals surface area contributed by atoms with Crippen molar-refractivity contribution in [3.8, 4) is 0 Å². The second kappa shape index (κ2) is 4.74. The minimum Gasteiger partial charge on any atom is -0.343 e. The van der Waals surface area contributed by atoms with Crippen LogP contribution in [0.5, 0.6) is 0 Å². The summed E-state index contributed by atoms with van der Waals surface area (Å²) in [6.07, 6.45) is 0. The van der Waals surface area contributed by atoms with E-state index in [4.69, 9.17) is 23.2 Å². The van der Waals surface area contributed by atoms with Crippen molar-refractivity contribution in [2.75, 3.05) is 11.4 Å². The molecule has 1 saturated heterocycles. The van der Waals surface area contributed by atoms with Crippen molar-refractivity contribution in [1.82, 2.24) is 5.32 Å². The molecule has 0 bridgehead atoms. The van der Waals surface area contributed by atoms with E-state index >= 15 is 0 Å². The molecule has 0 saturated carbocycles. The highest BCUT2D eigenvalue weighted by atomic mass is 35.5. The summed E-state index contributed by atoms with van der Waals surface area (Å²) in [4.78, 5) is 24.5. The van der Waals surface area contributed by atoms with Crippen LogP contribution in [0, 0.1) is 5.82 Å². The van der Waals surface area contributed by atoms with Crippen LogP contribution in [0.2, 0.25) is 10.0 Å². The normalized spacial score (nSPS) is 20.0. The molecule has 1 unspecified atom stereocenters. The van der Waals surface area contributed by atoms with Crippen molar-refractivity contribution in [2.45, 2.75) is 13.0 Å². The van der Waals surface area contributed by atoms with E-state index < -0.39 is 11.9 Å². The summed E-state index contributed by atoms with van der Waals surface area (Å²) in [7, 11) is 0. The molecule has 1 aromatic carbocycles. The number of rotatable bonds is 1. The van der Waals surface area contributed by atoms with Crippen molar-refractivity contribution in [3.05, 3.63) is 28.0 Å². The van der Waals surface area contributed by atoms with Gasteiger partial charge in [0.2, 0.25) is 11.8 Å². The van der Waals surface area contributed by atoms with Gasteiger partial charge in [-0.1, -0.05) is 23.2 Å². The Bertz CT molecular complexity index is 513. The number of piperazine rings is 1. The first kappa shape index (κ1) is 13.1. The third-order valence-electron chi connectivity index (χ3n) is 2.57. The molecule has 0 aromatic heterocycles. The predicted octanol–water partition coefficient (Wildman–Crippen LogP) is 1.98. The number of hydrogen-bond acceptors (Lipinski definition) is 2. The smallest absolute Gasteiger partial charge is 0.249 e. The molecule has 2 amide bonds. The number of nitrogens with zero attached hydrogens (tertiary/aromatic N) is 1. The summed E-state index contributed by atoms with van der Waals surface area (Å²) < 4.78 is 13.1. The molecule has 96 valence electrons. The number of carbonyl (C=O) groups excluding carboxylic acids is 2. The van der Waals surface area contributed by atoms with Crippen LogP contribution in [0.4, 0.5) is 10.1 Å². The third kappa shape index (κ3) is 2.28. The lowest BCUT2D eigenvalue weighted by atomic mass is 10.2. The monoisotopic (exact) mass is 290 g/mol. The summed E-state index contributed by atoms with van der Waals surface area (Å²) in [5, 5.41) is 2.48. The SMILES string of the molecule is CC1NC(=O)CN(c2c(Cl)cc(F)cc2Cl)C1=O. The van der Waals surface area contributed by atoms with Crippen LogP contribution >= 0.6 is 23.2 Å². The van der Waals surface area contributed by atoms with Crippen LogP contribution in [0.1, 0.15) is 6.92 Å². The lowest BCUT2D eigenvalue weighted by Crippen LogP contribution is -2.57. The van der Waals surface area contributed by atoms with Gasteiger partial charge in [0.05, 0.1) is 15.7 Å². The lowest BCUT2D eigenvalue weighted by molar-refractivity contribution is -0.130. The van der Waals surface area contributed by atoms with E-state index in [1.807, 2.05) is 0 Å². The van der Waals surface area contributed by atoms with Crippen molar-refractivity contribution >= 4 is 40.7 Å². The summed E-state index contributed by atoms with van der Waals surface area (Å²) in [6, 6.07) is 1.43. The largest absolute Gasteiger partial charge is 0.343 e. The molecular formula is C11H9Cl2FN2O2. The van der Waals surface area contributed by atoms with Crippen molar-refractivity contribution in [1.29, 1.82) is 0 Å². The molecule has 1 aromatic rings. The van der Waals surface area contributed by atoms with Gasteiger partial charge in [0.15, 0.2) is 0 Å². The number of hydrogen-bond donors (Lipinski definition) is 1. The van der Waals surface area contributed by atoms with Gasteiger partial charge in [0.25, 0.3) is 0 Å². The Morgan fingerprint density at radius 2 is 1.89 bits per heavy atom. The first-order valence-corrected chi connectivity index (χ1v) is 5.91. The second-order valence-corrected chi connectivity index (χ2v) is 4.75. The average molecular weight is 291 g/mol. The van der Waals surface area contributed by atoms with Gasteiger partial charge in [0.1, 0.15) is 18.4 Å². The van der Waals surface area contributed by atoms with E-state index in [1.165, 1.54) is 0 Å². The fourth-order valence-corrected chi connectivity index (χ4v) is 2.45. The zero-order chi connectivity index (χ0) is 13.4. The molecule has 0 aliphatic carbocycles. The first-order chi connectivity index (χ1) is 8.40. The van der Waals surface area contributed by atoms with Gasteiger partial charge >= 0.3 is 0 Å². The van der Waals surface area contributed by atoms with Crippen LogP contribution in [0.15, 0.2) is 12.1 Å². The van der Waals surface area contributed by atoms with Gasteiger partial charge < -0.3 is 5.32 Å². The summed E-state index contributed by atoms with van der Waals surface area (Å²) >= 11 is 11.8. The Balaban J connectivity index is 2.48. The van der Waals surface area contributed by atoms with Gasteiger partial charge in [-0.15, -0.1) is 0 Å². The van der Waals surface area contributed by atoms with E-state index in [1.54, 1.807) is 6.92 Å². The Labute approximate surface area is 113 Å². The molecule has 1 heterocycles. The molecule has 1 fully saturated rings. The lowest BCUT2D eigenvalue weighted by Gasteiger charge is -2.31. The van der Waals surface area contributed by atoms with E-state index in [0.29, 0.717) is 0 Å². The van der Waals surface area contributed by atoms with Crippen LogP contribution in [-0.4, -0.2) is 24.4 Å². The van der Waals surface area contributed by atoms with Gasteiger partial charge in [-0.2, -0.15) is 0 Å². The minimum absolute atomic E-state index is 0.00440. The number of halogens is 3. The first-order valence-electron chi connectivity index (χ1n) is 5.15. The fourth-order valence-electron chi connectivity index (χ4n) is 1.79. The standard InChI is InChI=1S/C11H9Cl2FN2O2/c1-5-11(18)16(4-9(17)15-5)10-7(12)2-6(14)3-8(10)13/h2-3,5H,4H2,1H3,(H,15,17). The van der Waals surface area contributed by atoms with Crippen LogP contribution < -0.4 is 10.2 Å². The molecule has 1 atom stereocenters. The Hall–Kier alpha value is -1.33. The summed E-state index contributed by atoms with van der Waals surface area (Å²) in [5.41, 5.74) is 0.159. The van der Waals surface area contributed by atoms with Crippen LogP contribution in [0.25, 0.3) is 0 Å². The number of amides is 2. The molecule has 7 heteroatoms. The maximum atomic E-state index is 13.1. The molecule has 18 heavy (non-hydrogen) atoms. The second-order valence-electron chi connectivity index (χ2n) is 3.93. The van der Waals surface area contributed by atoms with Gasteiger partial charge in [-0.05, 0) is 19.1 Å². The number of benzene rings is 1. The predicted molar refractivity (Wildman–Crippen MR) is 66.4 cm³/mol. The third-order valence-corrected chi connectivity index (χ3v) is 3.14. The zero-order valence-corrected chi connectivity index (χ0v) is 10.8. The highest BCUT2D eigenvalue weighted by Gasteiger charge is 2.32. The average Bonchev–Trinajstić information content (AvgIpc) is 2.23. The highest BCUT2D eigenvalue weighted by Crippen LogP contribution is 2.35. The molecule has 2 rings (SSSR count). The molecular weight excluding hydrogens is 282 g/mol. The molecule has 1 aliphatic rings. The number of anilines is 1. The van der Waals surface area contributed by atoms with Gasteiger partial charge in [-0.3, -0.25) is 14.5 Å². The van der Waals surface area contributed by atoms with Crippen molar-refractivity contribution in [2.24, 2.45) is 0 Å². The van der Waals surface area contributed by atoms with Crippen LogP contribution in [-0.2, 0) is 9.59 Å². The van der Waals surface area contributed by atoms with E-state index in [9.17, 15) is 14.0 Å². The van der Waals surface area contributed by atoms with Crippen molar-refractivity contribution in [3.63, 3.8) is 0 Å². The topological polar surface area (TPSA) is 49.4 Å². The van der Waals surface area contributed by atoms with Crippen LogP contribution in [0.3, 0.4) is 0 Å². The Morgan fingerprint density at radius 3 is 2.44 bits per heavy atom. The quantitative estimate of drug-likeness (QED) is 0.860. The molecule has 1 aliphatic heterocycles. The summed E-state index contributed by atoms with van der Waals surface area (Å²) in [6.45, 7) is 1.37. The zero-order valence-electron chi connectivity index (χ0n) is 9.34. The van der Waals surface area contributed by atoms with E-state index in [0.717, 1.165) is 17.0 Å². The maximum absolute atomic E-state index is 13.1. The maximum Gasteiger partial charge on any atom is 0.249 e. The molecule has 4 nitrogen and oxygen atoms in total. The highest BCUT2D eigenvalue weighted by molar-refractivity contribution is 6.40. The Morgan fingerprint density at radius 1 is 1.33 bits per heavy atom. The number of nitrogens with one attached hydrogen (secondary N) is 1. The molecule has 1 N–H and O–H groups in total. The van der Waals surface area contributed by atoms with Crippen molar-refractivity contribution < 1.29 is 14.0 Å². The molecule has 0 radical (unpaired) electrons. The van der Waals surface area contributed by atoms with Gasteiger partial charge in [0, 0.05) is 0 Å².